The van der Waals surface area contributed by atoms with E-state index in [2.05, 4.69) is 10.6 Å². The minimum atomic E-state index is -0.856. The predicted octanol–water partition coefficient (Wildman–Crippen LogP) is 2.37. The lowest BCUT2D eigenvalue weighted by Gasteiger charge is -2.39. The molecule has 0 aromatic heterocycles. The van der Waals surface area contributed by atoms with Crippen molar-refractivity contribution in [3.63, 3.8) is 0 Å². The summed E-state index contributed by atoms with van der Waals surface area (Å²) in [5, 5.41) is 14.8. The number of aliphatic carboxylic acids is 1. The van der Waals surface area contributed by atoms with Crippen molar-refractivity contribution in [2.24, 2.45) is 11.3 Å². The third-order valence-electron chi connectivity index (χ3n) is 3.59. The number of hydrogen-bond acceptors (Lipinski definition) is 2. The van der Waals surface area contributed by atoms with Gasteiger partial charge in [-0.15, -0.1) is 0 Å². The maximum Gasteiger partial charge on any atom is 0.315 e. The van der Waals surface area contributed by atoms with E-state index in [9.17, 15) is 9.59 Å². The number of carbonyl (C=O) groups is 2. The van der Waals surface area contributed by atoms with Gasteiger partial charge >= 0.3 is 12.0 Å². The van der Waals surface area contributed by atoms with Crippen molar-refractivity contribution in [3.05, 3.63) is 0 Å². The fourth-order valence-electron chi connectivity index (χ4n) is 2.35. The molecule has 1 atom stereocenters. The van der Waals surface area contributed by atoms with Crippen LogP contribution in [0.3, 0.4) is 0 Å². The van der Waals surface area contributed by atoms with Crippen LogP contribution in [-0.4, -0.2) is 29.2 Å². The van der Waals surface area contributed by atoms with Gasteiger partial charge in [0.2, 0.25) is 0 Å². The highest BCUT2D eigenvalue weighted by Gasteiger charge is 2.33. The second-order valence-corrected chi connectivity index (χ2v) is 7.05. The van der Waals surface area contributed by atoms with E-state index in [-0.39, 0.29) is 23.5 Å². The molecule has 0 aliphatic heterocycles. The van der Waals surface area contributed by atoms with Crippen molar-refractivity contribution >= 4 is 12.0 Å². The Morgan fingerprint density at radius 3 is 2.26 bits per heavy atom. The van der Waals surface area contributed by atoms with E-state index >= 15 is 0 Å². The van der Waals surface area contributed by atoms with Gasteiger partial charge < -0.3 is 15.7 Å². The number of nitrogens with one attached hydrogen (secondary N) is 2. The lowest BCUT2D eigenvalue weighted by molar-refractivity contribution is -0.142. The fraction of sp³-hybridized carbons (Fsp3) is 0.857. The van der Waals surface area contributed by atoms with E-state index in [1.54, 1.807) is 0 Å². The van der Waals surface area contributed by atoms with Crippen molar-refractivity contribution in [1.29, 1.82) is 0 Å². The summed E-state index contributed by atoms with van der Waals surface area (Å²) in [6.07, 6.45) is 3.66. The molecule has 0 bridgehead atoms. The molecular weight excluding hydrogens is 244 g/mol. The molecule has 1 saturated carbocycles. The number of urea groups is 1. The second-order valence-electron chi connectivity index (χ2n) is 7.05. The lowest BCUT2D eigenvalue weighted by atomic mass is 9.79. The van der Waals surface area contributed by atoms with Crippen molar-refractivity contribution in [2.75, 3.05) is 6.54 Å². The minimum Gasteiger partial charge on any atom is -0.481 e. The van der Waals surface area contributed by atoms with Gasteiger partial charge in [0.1, 0.15) is 0 Å². The average Bonchev–Trinajstić information content (AvgIpc) is 2.20. The molecule has 3 N–H and O–H groups in total. The molecule has 1 fully saturated rings. The van der Waals surface area contributed by atoms with E-state index in [4.69, 9.17) is 5.11 Å². The van der Waals surface area contributed by atoms with Gasteiger partial charge in [-0.3, -0.25) is 4.79 Å². The van der Waals surface area contributed by atoms with Crippen molar-refractivity contribution in [2.45, 2.75) is 58.9 Å². The molecule has 0 aromatic carbocycles. The maximum absolute atomic E-state index is 11.7. The van der Waals surface area contributed by atoms with E-state index < -0.39 is 11.9 Å². The monoisotopic (exact) mass is 270 g/mol. The highest BCUT2D eigenvalue weighted by molar-refractivity contribution is 5.76. The maximum atomic E-state index is 11.7. The summed E-state index contributed by atoms with van der Waals surface area (Å²) < 4.78 is 0. The summed E-state index contributed by atoms with van der Waals surface area (Å²) in [6.45, 7) is 8.18. The summed E-state index contributed by atoms with van der Waals surface area (Å²) in [5.74, 6) is -1.40. The molecule has 1 aliphatic rings. The van der Waals surface area contributed by atoms with Crippen molar-refractivity contribution in [3.8, 4) is 0 Å². The molecule has 0 saturated heterocycles. The van der Waals surface area contributed by atoms with Crippen LogP contribution in [0.25, 0.3) is 0 Å². The van der Waals surface area contributed by atoms with Crippen LogP contribution in [0.1, 0.15) is 53.4 Å². The Morgan fingerprint density at radius 1 is 1.32 bits per heavy atom. The molecule has 5 heteroatoms. The molecule has 0 spiro atoms. The van der Waals surface area contributed by atoms with Gasteiger partial charge in [0.15, 0.2) is 0 Å². The van der Waals surface area contributed by atoms with Crippen molar-refractivity contribution in [1.82, 2.24) is 10.6 Å². The first kappa shape index (κ1) is 15.8. The highest BCUT2D eigenvalue weighted by atomic mass is 16.4. The van der Waals surface area contributed by atoms with Crippen molar-refractivity contribution < 1.29 is 14.7 Å². The fourth-order valence-corrected chi connectivity index (χ4v) is 2.35. The van der Waals surface area contributed by atoms with E-state index in [1.165, 1.54) is 0 Å². The summed E-state index contributed by atoms with van der Waals surface area (Å²) in [6, 6.07) is -0.262. The molecule has 0 aromatic rings. The zero-order valence-corrected chi connectivity index (χ0v) is 12.4. The first-order valence-electron chi connectivity index (χ1n) is 6.90. The molecule has 1 rings (SSSR count). The summed E-state index contributed by atoms with van der Waals surface area (Å²) in [7, 11) is 0. The molecule has 2 amide bonds. The standard InChI is InChI=1S/C14H26N2O3/c1-13(2,3)8-10(11(17)18)9-15-12(19)16-14(4)6-5-7-14/h10H,5-9H2,1-4H3,(H,17,18)(H2,15,16,19). The van der Waals surface area contributed by atoms with E-state index in [0.717, 1.165) is 19.3 Å². The van der Waals surface area contributed by atoms with Gasteiger partial charge in [-0.1, -0.05) is 20.8 Å². The van der Waals surface area contributed by atoms with Crippen LogP contribution in [0.2, 0.25) is 0 Å². The smallest absolute Gasteiger partial charge is 0.315 e. The lowest BCUT2D eigenvalue weighted by Crippen LogP contribution is -2.55. The van der Waals surface area contributed by atoms with Crippen LogP contribution in [-0.2, 0) is 4.79 Å². The Morgan fingerprint density at radius 2 is 1.89 bits per heavy atom. The number of rotatable bonds is 5. The Labute approximate surface area is 115 Å². The summed E-state index contributed by atoms with van der Waals surface area (Å²) >= 11 is 0. The number of amides is 2. The zero-order chi connectivity index (χ0) is 14.7. The average molecular weight is 270 g/mol. The zero-order valence-electron chi connectivity index (χ0n) is 12.4. The molecule has 5 nitrogen and oxygen atoms in total. The summed E-state index contributed by atoms with van der Waals surface area (Å²) in [5.41, 5.74) is -0.173. The largest absolute Gasteiger partial charge is 0.481 e. The van der Waals surface area contributed by atoms with Crippen LogP contribution in [0.4, 0.5) is 4.79 Å². The third kappa shape index (κ3) is 5.49. The second kappa shape index (κ2) is 5.80. The third-order valence-corrected chi connectivity index (χ3v) is 3.59. The Kier molecular flexibility index (Phi) is 4.82. The van der Waals surface area contributed by atoms with Crippen LogP contribution in [0.5, 0.6) is 0 Å². The SMILES string of the molecule is CC(C)(C)CC(CNC(=O)NC1(C)CCC1)C(=O)O. The van der Waals surface area contributed by atoms with E-state index in [0.29, 0.717) is 6.42 Å². The normalized spacial score (nSPS) is 19.2. The molecular formula is C14H26N2O3. The van der Waals surface area contributed by atoms with Crippen LogP contribution in [0, 0.1) is 11.3 Å². The number of hydrogen-bond donors (Lipinski definition) is 3. The number of carboxylic acids is 1. The van der Waals surface area contributed by atoms with Crippen LogP contribution in [0.15, 0.2) is 0 Å². The highest BCUT2D eigenvalue weighted by Crippen LogP contribution is 2.30. The van der Waals surface area contributed by atoms with Gasteiger partial charge in [0, 0.05) is 12.1 Å². The Bertz CT molecular complexity index is 343. The van der Waals surface area contributed by atoms with Gasteiger partial charge in [-0.25, -0.2) is 4.79 Å². The summed E-state index contributed by atoms with van der Waals surface area (Å²) in [4.78, 5) is 22.9. The number of carbonyl (C=O) groups excluding carboxylic acids is 1. The van der Waals surface area contributed by atoms with Gasteiger partial charge in [0.25, 0.3) is 0 Å². The molecule has 110 valence electrons. The first-order chi connectivity index (χ1) is 8.61. The molecule has 1 unspecified atom stereocenters. The molecule has 19 heavy (non-hydrogen) atoms. The minimum absolute atomic E-state index is 0.0683. The van der Waals surface area contributed by atoms with Gasteiger partial charge in [0.05, 0.1) is 5.92 Å². The predicted molar refractivity (Wildman–Crippen MR) is 74.0 cm³/mol. The topological polar surface area (TPSA) is 78.4 Å². The quantitative estimate of drug-likeness (QED) is 0.717. The Balaban J connectivity index is 2.39. The molecule has 0 heterocycles. The first-order valence-corrected chi connectivity index (χ1v) is 6.90. The molecule has 1 aliphatic carbocycles. The molecule has 0 radical (unpaired) electrons. The van der Waals surface area contributed by atoms with Crippen LogP contribution >= 0.6 is 0 Å². The van der Waals surface area contributed by atoms with Crippen LogP contribution < -0.4 is 10.6 Å². The van der Waals surface area contributed by atoms with Gasteiger partial charge in [-0.05, 0) is 38.0 Å². The van der Waals surface area contributed by atoms with Gasteiger partial charge in [-0.2, -0.15) is 0 Å². The Hall–Kier alpha value is -1.26. The number of carboxylic acid groups (broad SMARTS) is 1. The van der Waals surface area contributed by atoms with E-state index in [1.807, 2.05) is 27.7 Å².